The number of rotatable bonds is 3. The van der Waals surface area contributed by atoms with Gasteiger partial charge in [0.05, 0.1) is 6.20 Å². The molecule has 3 aromatic rings. The van der Waals surface area contributed by atoms with E-state index in [9.17, 15) is 0 Å². The minimum absolute atomic E-state index is 0.558. The molecule has 0 atom stereocenters. The summed E-state index contributed by atoms with van der Waals surface area (Å²) in [6.07, 6.45) is 3.44. The number of aromatic nitrogens is 1. The molecule has 0 unspecified atom stereocenters. The van der Waals surface area contributed by atoms with E-state index in [0.29, 0.717) is 6.61 Å². The lowest BCUT2D eigenvalue weighted by molar-refractivity contribution is 0.308. The van der Waals surface area contributed by atoms with Crippen LogP contribution in [-0.2, 0) is 6.61 Å². The van der Waals surface area contributed by atoms with Gasteiger partial charge in [0, 0.05) is 20.8 Å². The van der Waals surface area contributed by atoms with Gasteiger partial charge in [0.25, 0.3) is 0 Å². The molecule has 0 amide bonds. The fourth-order valence-electron chi connectivity index (χ4n) is 1.72. The largest absolute Gasteiger partial charge is 0.486 e. The molecular formula is C14H10ClNOS. The second kappa shape index (κ2) is 4.96. The van der Waals surface area contributed by atoms with E-state index in [2.05, 4.69) is 11.1 Å². The molecule has 1 aromatic carbocycles. The van der Waals surface area contributed by atoms with Crippen molar-refractivity contribution < 1.29 is 4.74 Å². The lowest BCUT2D eigenvalue weighted by atomic mass is 10.2. The Kier molecular flexibility index (Phi) is 3.17. The van der Waals surface area contributed by atoms with Gasteiger partial charge in [-0.3, -0.25) is 4.98 Å². The van der Waals surface area contributed by atoms with E-state index >= 15 is 0 Å². The highest BCUT2D eigenvalue weighted by atomic mass is 35.5. The normalized spacial score (nSPS) is 10.7. The number of hydrogen-bond acceptors (Lipinski definition) is 3. The third-order valence-electron chi connectivity index (χ3n) is 2.55. The van der Waals surface area contributed by atoms with Crippen LogP contribution in [0.15, 0.2) is 48.8 Å². The SMILES string of the molecule is Clc1ccc2cc(COc3cccnc3)sc2c1. The maximum atomic E-state index is 5.97. The van der Waals surface area contributed by atoms with Crippen LogP contribution in [0.4, 0.5) is 0 Å². The topological polar surface area (TPSA) is 22.1 Å². The Morgan fingerprint density at radius 2 is 2.17 bits per heavy atom. The average molecular weight is 276 g/mol. The van der Waals surface area contributed by atoms with Crippen molar-refractivity contribution in [2.24, 2.45) is 0 Å². The first-order chi connectivity index (χ1) is 8.81. The Morgan fingerprint density at radius 1 is 1.22 bits per heavy atom. The maximum absolute atomic E-state index is 5.97. The summed E-state index contributed by atoms with van der Waals surface area (Å²) >= 11 is 7.67. The van der Waals surface area contributed by atoms with Gasteiger partial charge in [0.15, 0.2) is 0 Å². The Hall–Kier alpha value is -1.58. The van der Waals surface area contributed by atoms with E-state index in [-0.39, 0.29) is 0 Å². The highest BCUT2D eigenvalue weighted by molar-refractivity contribution is 7.19. The first-order valence-electron chi connectivity index (χ1n) is 5.52. The number of nitrogens with zero attached hydrogens (tertiary/aromatic N) is 1. The first kappa shape index (κ1) is 11.5. The molecule has 18 heavy (non-hydrogen) atoms. The van der Waals surface area contributed by atoms with Crippen molar-refractivity contribution in [2.75, 3.05) is 0 Å². The third-order valence-corrected chi connectivity index (χ3v) is 3.86. The molecule has 4 heteroatoms. The smallest absolute Gasteiger partial charge is 0.138 e. The Balaban J connectivity index is 1.79. The van der Waals surface area contributed by atoms with E-state index in [4.69, 9.17) is 16.3 Å². The monoisotopic (exact) mass is 275 g/mol. The predicted octanol–water partition coefficient (Wildman–Crippen LogP) is 4.53. The highest BCUT2D eigenvalue weighted by Crippen LogP contribution is 2.28. The van der Waals surface area contributed by atoms with E-state index in [1.165, 1.54) is 15.0 Å². The lowest BCUT2D eigenvalue weighted by Gasteiger charge is -2.02. The molecule has 0 N–H and O–H groups in total. The molecule has 3 rings (SSSR count). The van der Waals surface area contributed by atoms with Gasteiger partial charge in [-0.2, -0.15) is 0 Å². The van der Waals surface area contributed by atoms with Crippen molar-refractivity contribution in [3.05, 3.63) is 58.7 Å². The second-order valence-electron chi connectivity index (χ2n) is 3.87. The van der Waals surface area contributed by atoms with Gasteiger partial charge in [-0.1, -0.05) is 17.7 Å². The quantitative estimate of drug-likeness (QED) is 0.701. The molecule has 2 nitrogen and oxygen atoms in total. The van der Waals surface area contributed by atoms with Gasteiger partial charge in [-0.05, 0) is 35.7 Å². The van der Waals surface area contributed by atoms with Crippen LogP contribution in [0.2, 0.25) is 5.02 Å². The van der Waals surface area contributed by atoms with Crippen LogP contribution in [0.1, 0.15) is 4.88 Å². The first-order valence-corrected chi connectivity index (χ1v) is 6.71. The van der Waals surface area contributed by atoms with Crippen LogP contribution in [-0.4, -0.2) is 4.98 Å². The summed E-state index contributed by atoms with van der Waals surface area (Å²) in [5.74, 6) is 0.785. The molecule has 0 radical (unpaired) electrons. The van der Waals surface area contributed by atoms with E-state index in [1.54, 1.807) is 23.7 Å². The van der Waals surface area contributed by atoms with Crippen molar-refractivity contribution in [3.8, 4) is 5.75 Å². The number of hydrogen-bond donors (Lipinski definition) is 0. The van der Waals surface area contributed by atoms with Crippen LogP contribution in [0, 0.1) is 0 Å². The van der Waals surface area contributed by atoms with Gasteiger partial charge in [-0.25, -0.2) is 0 Å². The molecule has 0 aliphatic rings. The van der Waals surface area contributed by atoms with Gasteiger partial charge < -0.3 is 4.74 Å². The van der Waals surface area contributed by atoms with Crippen molar-refractivity contribution in [3.63, 3.8) is 0 Å². The number of ether oxygens (including phenoxy) is 1. The standard InChI is InChI=1S/C14H10ClNOS/c15-11-4-3-10-6-13(18-14(10)7-11)9-17-12-2-1-5-16-8-12/h1-8H,9H2. The molecule has 90 valence electrons. The van der Waals surface area contributed by atoms with Crippen LogP contribution in [0.25, 0.3) is 10.1 Å². The Labute approximate surface area is 114 Å². The number of pyridine rings is 1. The third kappa shape index (κ3) is 2.47. The molecule has 0 spiro atoms. The molecule has 0 fully saturated rings. The molecular weight excluding hydrogens is 266 g/mol. The minimum atomic E-state index is 0.558. The maximum Gasteiger partial charge on any atom is 0.138 e. The molecule has 0 saturated carbocycles. The molecule has 2 aromatic heterocycles. The number of thiophene rings is 1. The zero-order valence-corrected chi connectivity index (χ0v) is 11.0. The lowest BCUT2D eigenvalue weighted by Crippen LogP contribution is -1.92. The Bertz CT molecular complexity index is 666. The molecule has 0 bridgehead atoms. The average Bonchev–Trinajstić information content (AvgIpc) is 2.79. The summed E-state index contributed by atoms with van der Waals surface area (Å²) in [5, 5.41) is 1.97. The summed E-state index contributed by atoms with van der Waals surface area (Å²) in [6, 6.07) is 11.8. The fourth-order valence-corrected chi connectivity index (χ4v) is 2.97. The number of benzene rings is 1. The van der Waals surface area contributed by atoms with Crippen molar-refractivity contribution in [2.45, 2.75) is 6.61 Å². The van der Waals surface area contributed by atoms with Crippen molar-refractivity contribution >= 4 is 33.0 Å². The summed E-state index contributed by atoms with van der Waals surface area (Å²) in [6.45, 7) is 0.558. The van der Waals surface area contributed by atoms with Crippen LogP contribution in [0.5, 0.6) is 5.75 Å². The molecule has 0 aliphatic heterocycles. The van der Waals surface area contributed by atoms with E-state index in [1.807, 2.05) is 30.3 Å². The van der Waals surface area contributed by atoms with Crippen LogP contribution < -0.4 is 4.74 Å². The van der Waals surface area contributed by atoms with Gasteiger partial charge >= 0.3 is 0 Å². The molecule has 2 heterocycles. The van der Waals surface area contributed by atoms with Crippen molar-refractivity contribution in [1.29, 1.82) is 0 Å². The van der Waals surface area contributed by atoms with Crippen LogP contribution in [0.3, 0.4) is 0 Å². The number of fused-ring (bicyclic) bond motifs is 1. The Morgan fingerprint density at radius 3 is 3.00 bits per heavy atom. The summed E-state index contributed by atoms with van der Waals surface area (Å²) in [7, 11) is 0. The van der Waals surface area contributed by atoms with Gasteiger partial charge in [-0.15, -0.1) is 11.3 Å². The summed E-state index contributed by atoms with van der Waals surface area (Å²) in [4.78, 5) is 5.19. The van der Waals surface area contributed by atoms with Crippen LogP contribution >= 0.6 is 22.9 Å². The zero-order chi connectivity index (χ0) is 12.4. The fraction of sp³-hybridized carbons (Fsp3) is 0.0714. The van der Waals surface area contributed by atoms with Gasteiger partial charge in [0.2, 0.25) is 0 Å². The minimum Gasteiger partial charge on any atom is -0.486 e. The van der Waals surface area contributed by atoms with Crippen molar-refractivity contribution in [1.82, 2.24) is 4.98 Å². The predicted molar refractivity (Wildman–Crippen MR) is 75.4 cm³/mol. The second-order valence-corrected chi connectivity index (χ2v) is 5.48. The summed E-state index contributed by atoms with van der Waals surface area (Å²) in [5.41, 5.74) is 0. The zero-order valence-electron chi connectivity index (χ0n) is 9.47. The van der Waals surface area contributed by atoms with E-state index in [0.717, 1.165) is 10.8 Å². The van der Waals surface area contributed by atoms with E-state index < -0.39 is 0 Å². The summed E-state index contributed by atoms with van der Waals surface area (Å²) < 4.78 is 6.85. The van der Waals surface area contributed by atoms with Gasteiger partial charge in [0.1, 0.15) is 12.4 Å². The number of halogens is 1. The molecule has 0 saturated heterocycles. The molecule has 0 aliphatic carbocycles. The highest BCUT2D eigenvalue weighted by Gasteiger charge is 2.03.